The number of aliphatic hydroxyl groups excluding tert-OH is 1. The summed E-state index contributed by atoms with van der Waals surface area (Å²) in [6.45, 7) is 1.98. The molecule has 0 aromatic carbocycles. The molecule has 0 atom stereocenters. The Bertz CT molecular complexity index is 562. The summed E-state index contributed by atoms with van der Waals surface area (Å²) < 4.78 is 10.4. The van der Waals surface area contributed by atoms with Crippen LogP contribution in [0.5, 0.6) is 5.75 Å². The topological polar surface area (TPSA) is 59.7 Å². The van der Waals surface area contributed by atoms with Gasteiger partial charge in [0.1, 0.15) is 18.6 Å². The molecule has 4 nitrogen and oxygen atoms in total. The van der Waals surface area contributed by atoms with Crippen molar-refractivity contribution in [3.8, 4) is 5.75 Å². The quantitative estimate of drug-likeness (QED) is 0.218. The van der Waals surface area contributed by atoms with Crippen molar-refractivity contribution in [2.24, 2.45) is 0 Å². The van der Waals surface area contributed by atoms with Crippen molar-refractivity contribution in [1.82, 2.24) is 0 Å². The monoisotopic (exact) mass is 392 g/mol. The summed E-state index contributed by atoms with van der Waals surface area (Å²) in [5, 5.41) is 8.90. The first-order valence-corrected chi connectivity index (χ1v) is 11.3. The number of aliphatic hydroxyl groups is 1. The van der Waals surface area contributed by atoms with Gasteiger partial charge in [-0.15, -0.1) is 0 Å². The van der Waals surface area contributed by atoms with Crippen LogP contribution in [-0.4, -0.2) is 5.11 Å². The first-order chi connectivity index (χ1) is 13.8. The van der Waals surface area contributed by atoms with E-state index in [1.54, 1.807) is 6.26 Å². The van der Waals surface area contributed by atoms with Crippen molar-refractivity contribution in [3.05, 3.63) is 40.7 Å². The molecule has 28 heavy (non-hydrogen) atoms. The molecule has 0 aliphatic heterocycles. The van der Waals surface area contributed by atoms with Crippen molar-refractivity contribution in [1.29, 1.82) is 0 Å². The van der Waals surface area contributed by atoms with E-state index in [1.165, 1.54) is 95.8 Å². The third-order valence-electron chi connectivity index (χ3n) is 5.02. The minimum Gasteiger partial charge on any atom is -0.463 e. The average molecular weight is 393 g/mol. The maximum absolute atomic E-state index is 11.7. The predicted octanol–water partition coefficient (Wildman–Crippen LogP) is 6.90. The van der Waals surface area contributed by atoms with E-state index in [2.05, 4.69) is 6.92 Å². The normalized spacial score (nSPS) is 11.4. The molecule has 4 heteroatoms. The molecule has 0 unspecified atom stereocenters. The van der Waals surface area contributed by atoms with Gasteiger partial charge in [0, 0.05) is 6.07 Å². The first-order valence-electron chi connectivity index (χ1n) is 11.3. The highest BCUT2D eigenvalue weighted by atomic mass is 16.5. The van der Waals surface area contributed by atoms with E-state index in [9.17, 15) is 4.79 Å². The van der Waals surface area contributed by atoms with Gasteiger partial charge in [0.15, 0.2) is 0 Å². The first kappa shape index (κ1) is 24.5. The number of ether oxygens (including phenoxy) is 1. The molecule has 1 aromatic heterocycles. The van der Waals surface area contributed by atoms with Gasteiger partial charge in [0.25, 0.3) is 0 Å². The third kappa shape index (κ3) is 12.8. The fourth-order valence-electron chi connectivity index (χ4n) is 3.25. The maximum atomic E-state index is 11.7. The van der Waals surface area contributed by atoms with Crippen molar-refractivity contribution in [3.63, 3.8) is 0 Å². The lowest BCUT2D eigenvalue weighted by molar-refractivity contribution is 0.241. The zero-order chi connectivity index (χ0) is 20.3. The van der Waals surface area contributed by atoms with Gasteiger partial charge in [0.2, 0.25) is 11.2 Å². The highest BCUT2D eigenvalue weighted by molar-refractivity contribution is 5.18. The molecule has 0 bridgehead atoms. The molecule has 1 aromatic rings. The molecular formula is C24H40O4. The highest BCUT2D eigenvalue weighted by Gasteiger charge is 2.02. The summed E-state index contributed by atoms with van der Waals surface area (Å²) in [6.07, 6.45) is 24.7. The van der Waals surface area contributed by atoms with E-state index < -0.39 is 0 Å². The number of hydrogen-bond acceptors (Lipinski definition) is 4. The summed E-state index contributed by atoms with van der Waals surface area (Å²) in [6, 6.07) is 1.25. The van der Waals surface area contributed by atoms with Gasteiger partial charge in [-0.05, 0) is 18.9 Å². The van der Waals surface area contributed by atoms with Crippen LogP contribution in [0, 0.1) is 0 Å². The smallest absolute Gasteiger partial charge is 0.227 e. The lowest BCUT2D eigenvalue weighted by atomic mass is 10.0. The molecule has 0 amide bonds. The Kier molecular flexibility index (Phi) is 15.3. The minimum absolute atomic E-state index is 0.148. The van der Waals surface area contributed by atoms with Crippen molar-refractivity contribution in [2.75, 3.05) is 0 Å². The van der Waals surface area contributed by atoms with Crippen LogP contribution in [0.1, 0.15) is 109 Å². The van der Waals surface area contributed by atoms with E-state index in [0.29, 0.717) is 0 Å². The van der Waals surface area contributed by atoms with Gasteiger partial charge in [-0.25, -0.2) is 0 Å². The zero-order valence-corrected chi connectivity index (χ0v) is 17.8. The molecule has 0 saturated heterocycles. The van der Waals surface area contributed by atoms with Gasteiger partial charge in [-0.2, -0.15) is 0 Å². The molecule has 0 aliphatic rings. The summed E-state index contributed by atoms with van der Waals surface area (Å²) in [4.78, 5) is 11.7. The highest BCUT2D eigenvalue weighted by Crippen LogP contribution is 2.13. The van der Waals surface area contributed by atoms with E-state index in [1.807, 2.05) is 6.08 Å². The SMILES string of the molecule is CCCCCCCCCCCCCCCCC=COc1coc(CO)cc1=O. The van der Waals surface area contributed by atoms with Gasteiger partial charge >= 0.3 is 0 Å². The molecule has 1 heterocycles. The second kappa shape index (κ2) is 17.5. The molecule has 1 N–H and O–H groups in total. The summed E-state index contributed by atoms with van der Waals surface area (Å²) >= 11 is 0. The number of rotatable bonds is 18. The van der Waals surface area contributed by atoms with Crippen LogP contribution in [0.3, 0.4) is 0 Å². The zero-order valence-electron chi connectivity index (χ0n) is 17.8. The van der Waals surface area contributed by atoms with Crippen molar-refractivity contribution < 1.29 is 14.3 Å². The molecule has 0 radical (unpaired) electrons. The summed E-state index contributed by atoms with van der Waals surface area (Å²) in [7, 11) is 0. The lowest BCUT2D eigenvalue weighted by Crippen LogP contribution is -2.04. The fraction of sp³-hybridized carbons (Fsp3) is 0.708. The Morgan fingerprint density at radius 3 is 1.93 bits per heavy atom. The maximum Gasteiger partial charge on any atom is 0.227 e. The Morgan fingerprint density at radius 1 is 0.893 bits per heavy atom. The Hall–Kier alpha value is -1.55. The molecule has 1 rings (SSSR count). The van der Waals surface area contributed by atoms with E-state index in [-0.39, 0.29) is 23.5 Å². The summed E-state index contributed by atoms with van der Waals surface area (Å²) in [5.74, 6) is 0.387. The van der Waals surface area contributed by atoms with Gasteiger partial charge < -0.3 is 14.3 Å². The van der Waals surface area contributed by atoms with E-state index in [4.69, 9.17) is 14.3 Å². The van der Waals surface area contributed by atoms with Crippen LogP contribution in [0.15, 0.2) is 33.9 Å². The van der Waals surface area contributed by atoms with Gasteiger partial charge in [-0.3, -0.25) is 4.79 Å². The van der Waals surface area contributed by atoms with Crippen molar-refractivity contribution >= 4 is 0 Å². The standard InChI is InChI=1S/C24H40O4/c1-2-3-4-5-6-7-8-9-10-11-12-13-14-15-16-17-18-27-24-21-28-22(20-25)19-23(24)26/h17-19,21,25H,2-16,20H2,1H3. The van der Waals surface area contributed by atoms with Gasteiger partial charge in [0.05, 0.1) is 6.26 Å². The molecular weight excluding hydrogens is 352 g/mol. The molecule has 0 fully saturated rings. The number of allylic oxidation sites excluding steroid dienone is 1. The fourth-order valence-corrected chi connectivity index (χ4v) is 3.25. The number of hydrogen-bond donors (Lipinski definition) is 1. The van der Waals surface area contributed by atoms with Crippen LogP contribution in [0.2, 0.25) is 0 Å². The molecule has 0 saturated carbocycles. The number of unbranched alkanes of at least 4 members (excludes halogenated alkanes) is 14. The second-order valence-electron chi connectivity index (χ2n) is 7.61. The minimum atomic E-state index is -0.287. The summed E-state index contributed by atoms with van der Waals surface area (Å²) in [5.41, 5.74) is -0.281. The molecule has 0 spiro atoms. The van der Waals surface area contributed by atoms with Gasteiger partial charge in [-0.1, -0.05) is 90.4 Å². The van der Waals surface area contributed by atoms with Crippen LogP contribution in [-0.2, 0) is 6.61 Å². The Labute approximate surface area is 171 Å². The predicted molar refractivity (Wildman–Crippen MR) is 116 cm³/mol. The Balaban J connectivity index is 1.87. The Morgan fingerprint density at radius 2 is 1.43 bits per heavy atom. The average Bonchev–Trinajstić information content (AvgIpc) is 2.71. The van der Waals surface area contributed by atoms with Crippen LogP contribution < -0.4 is 10.2 Å². The molecule has 0 aliphatic carbocycles. The second-order valence-corrected chi connectivity index (χ2v) is 7.61. The van der Waals surface area contributed by atoms with E-state index >= 15 is 0 Å². The van der Waals surface area contributed by atoms with Crippen LogP contribution in [0.4, 0.5) is 0 Å². The third-order valence-corrected chi connectivity index (χ3v) is 5.02. The van der Waals surface area contributed by atoms with Crippen LogP contribution in [0.25, 0.3) is 0 Å². The van der Waals surface area contributed by atoms with Crippen molar-refractivity contribution in [2.45, 2.75) is 110 Å². The largest absolute Gasteiger partial charge is 0.463 e. The lowest BCUT2D eigenvalue weighted by Gasteiger charge is -2.03. The van der Waals surface area contributed by atoms with Crippen LogP contribution >= 0.6 is 0 Å². The molecule has 160 valence electrons. The van der Waals surface area contributed by atoms with E-state index in [0.717, 1.165) is 12.8 Å².